The van der Waals surface area contributed by atoms with Gasteiger partial charge in [-0.25, -0.2) is 9.97 Å². The van der Waals surface area contributed by atoms with Crippen molar-refractivity contribution < 1.29 is 14.7 Å². The molecule has 0 saturated heterocycles. The lowest BCUT2D eigenvalue weighted by molar-refractivity contribution is -0.123. The van der Waals surface area contributed by atoms with Crippen LogP contribution in [0.1, 0.15) is 14.5 Å². The molecule has 1 amide bonds. The molecule has 3 rings (SSSR count). The van der Waals surface area contributed by atoms with Crippen molar-refractivity contribution in [1.29, 1.82) is 0 Å². The summed E-state index contributed by atoms with van der Waals surface area (Å²) in [5.74, 6) is -0.152. The van der Waals surface area contributed by atoms with Crippen LogP contribution in [0.4, 0.5) is 0 Å². The standard InChI is InChI=1S/C15H14N4O3S2/c20-7-14(22)18-5-10-1-2-13(24-10)12(21)8-23-15-11-6-16-9-19(11)4-3-17-15/h1-4,6,9,20H,5,7-8H2,(H,18,22). The maximum Gasteiger partial charge on any atom is 0.246 e. The number of carbonyl (C=O) groups excluding carboxylic acids is 2. The molecule has 24 heavy (non-hydrogen) atoms. The van der Waals surface area contributed by atoms with Gasteiger partial charge in [0.2, 0.25) is 5.91 Å². The van der Waals surface area contributed by atoms with E-state index >= 15 is 0 Å². The fraction of sp³-hybridized carbons (Fsp3) is 0.200. The predicted octanol–water partition coefficient (Wildman–Crippen LogP) is 1.37. The zero-order valence-electron chi connectivity index (χ0n) is 12.5. The number of carbonyl (C=O) groups is 2. The molecule has 0 unspecified atom stereocenters. The number of amides is 1. The highest BCUT2D eigenvalue weighted by atomic mass is 32.2. The predicted molar refractivity (Wildman–Crippen MR) is 91.3 cm³/mol. The van der Waals surface area contributed by atoms with Crippen LogP contribution in [0.3, 0.4) is 0 Å². The Morgan fingerprint density at radius 1 is 1.38 bits per heavy atom. The van der Waals surface area contributed by atoms with Crippen molar-refractivity contribution in [3.05, 3.63) is 46.8 Å². The van der Waals surface area contributed by atoms with Crippen LogP contribution in [0.2, 0.25) is 0 Å². The molecule has 0 aliphatic heterocycles. The number of hydrogen-bond donors (Lipinski definition) is 2. The molecular formula is C15H14N4O3S2. The van der Waals surface area contributed by atoms with Crippen molar-refractivity contribution in [2.45, 2.75) is 11.6 Å². The number of thiophene rings is 1. The van der Waals surface area contributed by atoms with Crippen LogP contribution in [0.15, 0.2) is 42.1 Å². The smallest absolute Gasteiger partial charge is 0.246 e. The first kappa shape index (κ1) is 16.6. The Kier molecular flexibility index (Phi) is 5.24. The van der Waals surface area contributed by atoms with E-state index in [1.807, 2.05) is 4.40 Å². The summed E-state index contributed by atoms with van der Waals surface area (Å²) < 4.78 is 1.85. The second-order valence-corrected chi connectivity index (χ2v) is 6.96. The van der Waals surface area contributed by atoms with Crippen LogP contribution in [0.5, 0.6) is 0 Å². The van der Waals surface area contributed by atoms with Crippen LogP contribution < -0.4 is 5.32 Å². The molecule has 3 aromatic heterocycles. The minimum absolute atomic E-state index is 0.00746. The maximum atomic E-state index is 12.3. The number of nitrogens with one attached hydrogen (secondary N) is 1. The van der Waals surface area contributed by atoms with E-state index in [2.05, 4.69) is 15.3 Å². The number of Topliss-reactive ketones (excluding diaryl/α,β-unsaturated/α-hetero) is 1. The Labute approximate surface area is 145 Å². The number of nitrogens with zero attached hydrogens (tertiary/aromatic N) is 3. The van der Waals surface area contributed by atoms with Gasteiger partial charge in [-0.2, -0.15) is 0 Å². The van der Waals surface area contributed by atoms with Crippen molar-refractivity contribution in [2.75, 3.05) is 12.4 Å². The van der Waals surface area contributed by atoms with E-state index in [-0.39, 0.29) is 11.5 Å². The van der Waals surface area contributed by atoms with Crippen LogP contribution in [0.25, 0.3) is 5.52 Å². The molecule has 0 aromatic carbocycles. The van der Waals surface area contributed by atoms with Crippen LogP contribution in [-0.4, -0.2) is 43.5 Å². The SMILES string of the molecule is O=C(CO)NCc1ccc(C(=O)CSc2nccn3cncc23)s1. The summed E-state index contributed by atoms with van der Waals surface area (Å²) in [5.41, 5.74) is 0.869. The number of aliphatic hydroxyl groups is 1. The highest BCUT2D eigenvalue weighted by Gasteiger charge is 2.12. The topological polar surface area (TPSA) is 96.6 Å². The number of hydrogen-bond acceptors (Lipinski definition) is 7. The van der Waals surface area contributed by atoms with Gasteiger partial charge in [0.1, 0.15) is 11.6 Å². The maximum absolute atomic E-state index is 12.3. The van der Waals surface area contributed by atoms with E-state index in [0.29, 0.717) is 11.4 Å². The summed E-state index contributed by atoms with van der Waals surface area (Å²) in [6, 6.07) is 3.55. The molecule has 0 aliphatic carbocycles. The Hall–Kier alpha value is -2.23. The summed E-state index contributed by atoms with van der Waals surface area (Å²) in [5, 5.41) is 12.0. The number of aromatic nitrogens is 3. The van der Waals surface area contributed by atoms with Crippen LogP contribution in [0, 0.1) is 0 Å². The lowest BCUT2D eigenvalue weighted by atomic mass is 10.3. The lowest BCUT2D eigenvalue weighted by Crippen LogP contribution is -2.25. The minimum atomic E-state index is -0.541. The molecule has 2 N–H and O–H groups in total. The average molecular weight is 362 g/mol. The summed E-state index contributed by atoms with van der Waals surface area (Å²) >= 11 is 2.71. The second-order valence-electron chi connectivity index (χ2n) is 4.83. The van der Waals surface area contributed by atoms with Crippen LogP contribution >= 0.6 is 23.1 Å². The monoisotopic (exact) mass is 362 g/mol. The van der Waals surface area contributed by atoms with Crippen molar-refractivity contribution in [3.8, 4) is 0 Å². The molecule has 9 heteroatoms. The van der Waals surface area contributed by atoms with Gasteiger partial charge in [-0.05, 0) is 12.1 Å². The fourth-order valence-electron chi connectivity index (χ4n) is 2.01. The third-order valence-corrected chi connectivity index (χ3v) is 5.30. The number of fused-ring (bicyclic) bond motifs is 1. The van der Waals surface area contributed by atoms with E-state index in [4.69, 9.17) is 5.11 Å². The van der Waals surface area contributed by atoms with Gasteiger partial charge < -0.3 is 14.8 Å². The summed E-state index contributed by atoms with van der Waals surface area (Å²) in [6.45, 7) is -0.234. The van der Waals surface area contributed by atoms with Gasteiger partial charge in [-0.1, -0.05) is 11.8 Å². The Bertz CT molecular complexity index is 874. The highest BCUT2D eigenvalue weighted by molar-refractivity contribution is 8.00. The molecule has 3 aromatic rings. The van der Waals surface area contributed by atoms with Gasteiger partial charge in [0.05, 0.1) is 35.2 Å². The Morgan fingerprint density at radius 2 is 2.25 bits per heavy atom. The zero-order chi connectivity index (χ0) is 16.9. The fourth-order valence-corrected chi connectivity index (χ4v) is 3.85. The molecule has 0 bridgehead atoms. The van der Waals surface area contributed by atoms with E-state index in [1.54, 1.807) is 37.1 Å². The van der Waals surface area contributed by atoms with E-state index < -0.39 is 12.5 Å². The first-order valence-corrected chi connectivity index (χ1v) is 8.86. The summed E-state index contributed by atoms with van der Waals surface area (Å²) in [6.07, 6.45) is 6.89. The number of aliphatic hydroxyl groups excluding tert-OH is 1. The molecule has 0 saturated carbocycles. The molecule has 124 valence electrons. The third kappa shape index (κ3) is 3.81. The third-order valence-electron chi connectivity index (χ3n) is 3.18. The van der Waals surface area contributed by atoms with Gasteiger partial charge in [-0.15, -0.1) is 11.3 Å². The molecule has 7 nitrogen and oxygen atoms in total. The highest BCUT2D eigenvalue weighted by Crippen LogP contribution is 2.24. The number of ketones is 1. The molecule has 0 radical (unpaired) electrons. The quantitative estimate of drug-likeness (QED) is 0.487. The average Bonchev–Trinajstić information content (AvgIpc) is 3.26. The Morgan fingerprint density at radius 3 is 3.08 bits per heavy atom. The molecule has 0 aliphatic rings. The van der Waals surface area contributed by atoms with Gasteiger partial charge in [-0.3, -0.25) is 9.59 Å². The zero-order valence-corrected chi connectivity index (χ0v) is 14.1. The lowest BCUT2D eigenvalue weighted by Gasteiger charge is -2.02. The largest absolute Gasteiger partial charge is 0.387 e. The number of thioether (sulfide) groups is 1. The van der Waals surface area contributed by atoms with E-state index in [9.17, 15) is 9.59 Å². The molecule has 0 spiro atoms. The molecule has 0 fully saturated rings. The number of imidazole rings is 1. The van der Waals surface area contributed by atoms with Crippen molar-refractivity contribution in [3.63, 3.8) is 0 Å². The van der Waals surface area contributed by atoms with Crippen molar-refractivity contribution in [1.82, 2.24) is 19.7 Å². The van der Waals surface area contributed by atoms with Gasteiger partial charge in [0.15, 0.2) is 5.78 Å². The van der Waals surface area contributed by atoms with Gasteiger partial charge in [0, 0.05) is 17.3 Å². The van der Waals surface area contributed by atoms with Crippen LogP contribution in [-0.2, 0) is 11.3 Å². The minimum Gasteiger partial charge on any atom is -0.387 e. The van der Waals surface area contributed by atoms with Crippen molar-refractivity contribution in [2.24, 2.45) is 0 Å². The molecular weight excluding hydrogens is 348 g/mol. The second kappa shape index (κ2) is 7.56. The van der Waals surface area contributed by atoms with Gasteiger partial charge >= 0.3 is 0 Å². The number of rotatable bonds is 7. The molecule has 0 atom stereocenters. The normalized spacial score (nSPS) is 10.9. The van der Waals surface area contributed by atoms with E-state index in [0.717, 1.165) is 15.4 Å². The molecule has 3 heterocycles. The summed E-state index contributed by atoms with van der Waals surface area (Å²) in [4.78, 5) is 33.2. The first-order valence-electron chi connectivity index (χ1n) is 7.06. The first-order chi connectivity index (χ1) is 11.7. The van der Waals surface area contributed by atoms with Gasteiger partial charge in [0.25, 0.3) is 0 Å². The van der Waals surface area contributed by atoms with E-state index in [1.165, 1.54) is 23.1 Å². The summed E-state index contributed by atoms with van der Waals surface area (Å²) in [7, 11) is 0. The Balaban J connectivity index is 1.60. The van der Waals surface area contributed by atoms with Crippen molar-refractivity contribution >= 4 is 40.3 Å².